The Morgan fingerprint density at radius 1 is 0.789 bits per heavy atom. The minimum absolute atomic E-state index is 0.508. The van der Waals surface area contributed by atoms with Crippen molar-refractivity contribution in [3.8, 4) is 22.3 Å². The minimum Gasteiger partial charge on any atom is -0.264 e. The summed E-state index contributed by atoms with van der Waals surface area (Å²) in [6.07, 6.45) is 8.34. The third-order valence-corrected chi connectivity index (χ3v) is 2.82. The third-order valence-electron chi connectivity index (χ3n) is 2.82. The monoisotopic (exact) mass is 251 g/mol. The van der Waals surface area contributed by atoms with Crippen molar-refractivity contribution in [2.24, 2.45) is 0 Å². The topological polar surface area (TPSA) is 38.7 Å². The number of aromatic nitrogens is 3. The maximum Gasteiger partial charge on any atom is 0.213 e. The summed E-state index contributed by atoms with van der Waals surface area (Å²) >= 11 is 0. The highest BCUT2D eigenvalue weighted by atomic mass is 19.1. The van der Waals surface area contributed by atoms with E-state index in [1.165, 1.54) is 12.3 Å². The lowest BCUT2D eigenvalue weighted by molar-refractivity contribution is 0.584. The molecule has 0 unspecified atom stereocenters. The van der Waals surface area contributed by atoms with Gasteiger partial charge in [0.25, 0.3) is 0 Å². The standard InChI is InChI=1S/C15H10FN3/c16-15-7-13(11-3-1-5-17-8-11)14(10-19-15)12-4-2-6-18-9-12/h1-10H. The van der Waals surface area contributed by atoms with Crippen molar-refractivity contribution in [2.45, 2.75) is 0 Å². The van der Waals surface area contributed by atoms with Gasteiger partial charge < -0.3 is 0 Å². The molecule has 92 valence electrons. The zero-order valence-electron chi connectivity index (χ0n) is 9.99. The van der Waals surface area contributed by atoms with Crippen molar-refractivity contribution in [3.63, 3.8) is 0 Å². The van der Waals surface area contributed by atoms with Gasteiger partial charge in [0.05, 0.1) is 0 Å². The molecule has 4 heteroatoms. The van der Waals surface area contributed by atoms with Crippen molar-refractivity contribution in [3.05, 3.63) is 67.3 Å². The first kappa shape index (κ1) is 11.5. The lowest BCUT2D eigenvalue weighted by Gasteiger charge is -2.08. The summed E-state index contributed by atoms with van der Waals surface area (Å²) < 4.78 is 13.4. The van der Waals surface area contributed by atoms with Crippen LogP contribution in [0.2, 0.25) is 0 Å². The summed E-state index contributed by atoms with van der Waals surface area (Å²) in [6, 6.07) is 8.88. The van der Waals surface area contributed by atoms with Gasteiger partial charge in [-0.1, -0.05) is 12.1 Å². The summed E-state index contributed by atoms with van der Waals surface area (Å²) in [6.45, 7) is 0. The van der Waals surface area contributed by atoms with Crippen LogP contribution in [-0.4, -0.2) is 15.0 Å². The Kier molecular flexibility index (Phi) is 2.98. The third kappa shape index (κ3) is 2.33. The second-order valence-corrected chi connectivity index (χ2v) is 4.04. The SMILES string of the molecule is Fc1cc(-c2cccnc2)c(-c2cccnc2)cn1. The van der Waals surface area contributed by atoms with Crippen LogP contribution in [0, 0.1) is 5.95 Å². The van der Waals surface area contributed by atoms with Crippen molar-refractivity contribution in [1.29, 1.82) is 0 Å². The largest absolute Gasteiger partial charge is 0.264 e. The molecular weight excluding hydrogens is 241 g/mol. The molecule has 0 fully saturated rings. The van der Waals surface area contributed by atoms with Gasteiger partial charge in [-0.15, -0.1) is 0 Å². The predicted molar refractivity (Wildman–Crippen MR) is 70.7 cm³/mol. The van der Waals surface area contributed by atoms with Crippen LogP contribution in [0.4, 0.5) is 4.39 Å². The molecule has 0 saturated carbocycles. The molecule has 0 amide bonds. The van der Waals surface area contributed by atoms with Crippen LogP contribution in [0.25, 0.3) is 22.3 Å². The summed E-state index contributed by atoms with van der Waals surface area (Å²) in [4.78, 5) is 11.9. The highest BCUT2D eigenvalue weighted by molar-refractivity contribution is 5.81. The van der Waals surface area contributed by atoms with Crippen LogP contribution in [-0.2, 0) is 0 Å². The van der Waals surface area contributed by atoms with Gasteiger partial charge in [-0.2, -0.15) is 4.39 Å². The van der Waals surface area contributed by atoms with Gasteiger partial charge in [0, 0.05) is 53.7 Å². The van der Waals surface area contributed by atoms with Crippen molar-refractivity contribution >= 4 is 0 Å². The van der Waals surface area contributed by atoms with E-state index >= 15 is 0 Å². The minimum atomic E-state index is -0.508. The quantitative estimate of drug-likeness (QED) is 0.656. The Bertz CT molecular complexity index is 684. The van der Waals surface area contributed by atoms with Gasteiger partial charge >= 0.3 is 0 Å². The zero-order chi connectivity index (χ0) is 13.1. The molecule has 0 aliphatic rings. The van der Waals surface area contributed by atoms with E-state index in [4.69, 9.17) is 0 Å². The molecule has 0 aromatic carbocycles. The number of hydrogen-bond acceptors (Lipinski definition) is 3. The molecule has 0 radical (unpaired) electrons. The Morgan fingerprint density at radius 2 is 1.42 bits per heavy atom. The fourth-order valence-corrected chi connectivity index (χ4v) is 1.94. The van der Waals surface area contributed by atoms with E-state index in [1.54, 1.807) is 24.8 Å². The second-order valence-electron chi connectivity index (χ2n) is 4.04. The van der Waals surface area contributed by atoms with Crippen molar-refractivity contribution < 1.29 is 4.39 Å². The molecule has 0 atom stereocenters. The molecule has 3 nitrogen and oxygen atoms in total. The number of halogens is 1. The highest BCUT2D eigenvalue weighted by Crippen LogP contribution is 2.30. The summed E-state index contributed by atoms with van der Waals surface area (Å²) in [5, 5.41) is 0. The summed E-state index contributed by atoms with van der Waals surface area (Å²) in [5.74, 6) is -0.508. The Balaban J connectivity index is 2.21. The van der Waals surface area contributed by atoms with Gasteiger partial charge in [-0.25, -0.2) is 4.98 Å². The Labute approximate surface area is 109 Å². The fraction of sp³-hybridized carbons (Fsp3) is 0. The van der Waals surface area contributed by atoms with E-state index in [0.717, 1.165) is 22.3 Å². The lowest BCUT2D eigenvalue weighted by atomic mass is 9.99. The van der Waals surface area contributed by atoms with E-state index in [0.29, 0.717) is 0 Å². The fourth-order valence-electron chi connectivity index (χ4n) is 1.94. The van der Waals surface area contributed by atoms with Gasteiger partial charge in [0.15, 0.2) is 0 Å². The van der Waals surface area contributed by atoms with E-state index in [-0.39, 0.29) is 0 Å². The molecule has 3 rings (SSSR count). The second kappa shape index (κ2) is 4.94. The van der Waals surface area contributed by atoms with Gasteiger partial charge in [0.2, 0.25) is 5.95 Å². The maximum absolute atomic E-state index is 13.4. The first-order chi connectivity index (χ1) is 9.34. The zero-order valence-corrected chi connectivity index (χ0v) is 9.99. The van der Waals surface area contributed by atoms with E-state index in [1.807, 2.05) is 24.3 Å². The van der Waals surface area contributed by atoms with Crippen LogP contribution in [0.3, 0.4) is 0 Å². The Morgan fingerprint density at radius 3 is 2.00 bits per heavy atom. The van der Waals surface area contributed by atoms with Crippen LogP contribution >= 0.6 is 0 Å². The van der Waals surface area contributed by atoms with Crippen LogP contribution in [0.15, 0.2) is 61.3 Å². The predicted octanol–water partition coefficient (Wildman–Crippen LogP) is 3.34. The van der Waals surface area contributed by atoms with Crippen molar-refractivity contribution in [2.75, 3.05) is 0 Å². The molecule has 19 heavy (non-hydrogen) atoms. The number of hydrogen-bond donors (Lipinski definition) is 0. The van der Waals surface area contributed by atoms with Gasteiger partial charge in [-0.05, 0) is 17.7 Å². The van der Waals surface area contributed by atoms with Crippen molar-refractivity contribution in [1.82, 2.24) is 15.0 Å². The highest BCUT2D eigenvalue weighted by Gasteiger charge is 2.09. The number of rotatable bonds is 2. The number of pyridine rings is 3. The average molecular weight is 251 g/mol. The van der Waals surface area contributed by atoms with Gasteiger partial charge in [0.1, 0.15) is 0 Å². The molecule has 3 aromatic rings. The van der Waals surface area contributed by atoms with Crippen LogP contribution in [0.1, 0.15) is 0 Å². The summed E-state index contributed by atoms with van der Waals surface area (Å²) in [7, 11) is 0. The first-order valence-corrected chi connectivity index (χ1v) is 5.81. The molecule has 0 aliphatic heterocycles. The van der Waals surface area contributed by atoms with Gasteiger partial charge in [-0.3, -0.25) is 9.97 Å². The molecule has 3 heterocycles. The molecule has 0 aliphatic carbocycles. The normalized spacial score (nSPS) is 10.4. The molecular formula is C15H10FN3. The summed E-state index contributed by atoms with van der Waals surface area (Å²) in [5.41, 5.74) is 3.34. The average Bonchev–Trinajstić information content (AvgIpc) is 2.49. The van der Waals surface area contributed by atoms with E-state index < -0.39 is 5.95 Å². The first-order valence-electron chi connectivity index (χ1n) is 5.81. The lowest BCUT2D eigenvalue weighted by Crippen LogP contribution is -1.91. The maximum atomic E-state index is 13.4. The molecule has 0 bridgehead atoms. The van der Waals surface area contributed by atoms with E-state index in [2.05, 4.69) is 15.0 Å². The molecule has 0 spiro atoms. The molecule has 0 N–H and O–H groups in total. The smallest absolute Gasteiger partial charge is 0.213 e. The molecule has 0 saturated heterocycles. The van der Waals surface area contributed by atoms with Crippen LogP contribution < -0.4 is 0 Å². The van der Waals surface area contributed by atoms with E-state index in [9.17, 15) is 4.39 Å². The van der Waals surface area contributed by atoms with Crippen LogP contribution in [0.5, 0.6) is 0 Å². The molecule has 3 aromatic heterocycles. The Hall–Kier alpha value is -2.62. The number of nitrogens with zero attached hydrogens (tertiary/aromatic N) is 3.